The summed E-state index contributed by atoms with van der Waals surface area (Å²) in [5.41, 5.74) is 0.905. The summed E-state index contributed by atoms with van der Waals surface area (Å²) in [6.07, 6.45) is 0. The van der Waals surface area contributed by atoms with Crippen LogP contribution in [0.3, 0.4) is 0 Å². The lowest BCUT2D eigenvalue weighted by molar-refractivity contribution is -0.384. The fourth-order valence-corrected chi connectivity index (χ4v) is 2.02. The Bertz CT molecular complexity index is 725. The predicted octanol–water partition coefficient (Wildman–Crippen LogP) is 3.24. The minimum Gasteiger partial charge on any atom is -0.365 e. The molecule has 0 aliphatic carbocycles. The zero-order chi connectivity index (χ0) is 15.4. The number of nitrogens with zero attached hydrogens (tertiary/aromatic N) is 3. The maximum atomic E-state index is 13.7. The average Bonchev–Trinajstić information content (AvgIpc) is 2.48. The van der Waals surface area contributed by atoms with Gasteiger partial charge in [-0.3, -0.25) is 10.1 Å². The SMILES string of the molecule is CN(Cc1ccccc1F)c1cc(C#N)ccc1[N+](=O)[O-]. The molecule has 0 fully saturated rings. The number of halogens is 1. The van der Waals surface area contributed by atoms with Gasteiger partial charge in [-0.05, 0) is 18.2 Å². The predicted molar refractivity (Wildman–Crippen MR) is 76.3 cm³/mol. The zero-order valence-corrected chi connectivity index (χ0v) is 11.3. The van der Waals surface area contributed by atoms with Crippen molar-refractivity contribution in [1.82, 2.24) is 0 Å². The van der Waals surface area contributed by atoms with Gasteiger partial charge < -0.3 is 4.90 Å². The van der Waals surface area contributed by atoms with E-state index in [1.165, 1.54) is 24.3 Å². The molecule has 0 atom stereocenters. The number of hydrogen-bond acceptors (Lipinski definition) is 4. The molecular formula is C15H12FN3O2. The van der Waals surface area contributed by atoms with Crippen molar-refractivity contribution in [3.63, 3.8) is 0 Å². The number of nitro groups is 1. The summed E-state index contributed by atoms with van der Waals surface area (Å²) in [5, 5.41) is 20.0. The first kappa shape index (κ1) is 14.5. The summed E-state index contributed by atoms with van der Waals surface area (Å²) >= 11 is 0. The topological polar surface area (TPSA) is 70.2 Å². The Hall–Kier alpha value is -2.94. The Morgan fingerprint density at radius 1 is 1.33 bits per heavy atom. The Labute approximate surface area is 121 Å². The summed E-state index contributed by atoms with van der Waals surface area (Å²) in [6.45, 7) is 0.169. The van der Waals surface area contributed by atoms with Crippen molar-refractivity contribution in [3.8, 4) is 6.07 Å². The summed E-state index contributed by atoms with van der Waals surface area (Å²) < 4.78 is 13.7. The van der Waals surface area contributed by atoms with Crippen molar-refractivity contribution in [2.75, 3.05) is 11.9 Å². The molecule has 2 aromatic carbocycles. The molecule has 0 aliphatic rings. The number of benzene rings is 2. The van der Waals surface area contributed by atoms with Crippen LogP contribution in [0.5, 0.6) is 0 Å². The third kappa shape index (κ3) is 3.15. The molecule has 0 bridgehead atoms. The fraction of sp³-hybridized carbons (Fsp3) is 0.133. The molecule has 5 nitrogen and oxygen atoms in total. The van der Waals surface area contributed by atoms with Crippen molar-refractivity contribution in [1.29, 1.82) is 5.26 Å². The van der Waals surface area contributed by atoms with Crippen molar-refractivity contribution in [3.05, 3.63) is 69.5 Å². The van der Waals surface area contributed by atoms with Gasteiger partial charge in [-0.2, -0.15) is 5.26 Å². The van der Waals surface area contributed by atoms with Crippen LogP contribution in [-0.2, 0) is 6.54 Å². The van der Waals surface area contributed by atoms with Gasteiger partial charge >= 0.3 is 0 Å². The fourth-order valence-electron chi connectivity index (χ4n) is 2.02. The first-order valence-electron chi connectivity index (χ1n) is 6.16. The Morgan fingerprint density at radius 3 is 2.67 bits per heavy atom. The van der Waals surface area contributed by atoms with E-state index in [0.717, 1.165) is 0 Å². The third-order valence-corrected chi connectivity index (χ3v) is 3.08. The van der Waals surface area contributed by atoms with Crippen LogP contribution < -0.4 is 4.90 Å². The van der Waals surface area contributed by atoms with E-state index in [1.807, 2.05) is 6.07 Å². The van der Waals surface area contributed by atoms with E-state index in [1.54, 1.807) is 30.1 Å². The molecule has 0 heterocycles. The molecular weight excluding hydrogens is 273 g/mol. The van der Waals surface area contributed by atoms with Gasteiger partial charge in [0.25, 0.3) is 5.69 Å². The largest absolute Gasteiger partial charge is 0.365 e. The van der Waals surface area contributed by atoms with Gasteiger partial charge in [-0.1, -0.05) is 18.2 Å². The molecule has 0 unspecified atom stereocenters. The van der Waals surface area contributed by atoms with E-state index in [2.05, 4.69) is 0 Å². The average molecular weight is 285 g/mol. The maximum absolute atomic E-state index is 13.7. The molecule has 106 valence electrons. The molecule has 0 aliphatic heterocycles. The number of anilines is 1. The van der Waals surface area contributed by atoms with E-state index in [-0.39, 0.29) is 23.7 Å². The van der Waals surface area contributed by atoms with Gasteiger partial charge in [0, 0.05) is 25.2 Å². The van der Waals surface area contributed by atoms with Crippen LogP contribution in [0.4, 0.5) is 15.8 Å². The molecule has 0 saturated heterocycles. The van der Waals surface area contributed by atoms with Crippen molar-refractivity contribution in [2.45, 2.75) is 6.54 Å². The lowest BCUT2D eigenvalue weighted by Crippen LogP contribution is -2.18. The van der Waals surface area contributed by atoms with Crippen molar-refractivity contribution >= 4 is 11.4 Å². The van der Waals surface area contributed by atoms with Crippen LogP contribution in [0.2, 0.25) is 0 Å². The van der Waals surface area contributed by atoms with E-state index in [0.29, 0.717) is 11.1 Å². The Morgan fingerprint density at radius 2 is 2.05 bits per heavy atom. The molecule has 0 radical (unpaired) electrons. The molecule has 2 rings (SSSR count). The smallest absolute Gasteiger partial charge is 0.292 e. The monoisotopic (exact) mass is 285 g/mol. The molecule has 21 heavy (non-hydrogen) atoms. The van der Waals surface area contributed by atoms with Gasteiger partial charge in [-0.15, -0.1) is 0 Å². The van der Waals surface area contributed by atoms with Gasteiger partial charge in [0.2, 0.25) is 0 Å². The van der Waals surface area contributed by atoms with Crippen LogP contribution in [0.15, 0.2) is 42.5 Å². The quantitative estimate of drug-likeness (QED) is 0.638. The van der Waals surface area contributed by atoms with Gasteiger partial charge in [0.1, 0.15) is 11.5 Å². The minimum atomic E-state index is -0.520. The zero-order valence-electron chi connectivity index (χ0n) is 11.3. The number of nitriles is 1. The van der Waals surface area contributed by atoms with Crippen molar-refractivity contribution < 1.29 is 9.31 Å². The normalized spacial score (nSPS) is 9.95. The van der Waals surface area contributed by atoms with Crippen LogP contribution >= 0.6 is 0 Å². The van der Waals surface area contributed by atoms with Gasteiger partial charge in [-0.25, -0.2) is 4.39 Å². The third-order valence-electron chi connectivity index (χ3n) is 3.08. The summed E-state index contributed by atoms with van der Waals surface area (Å²) in [7, 11) is 1.62. The van der Waals surface area contributed by atoms with E-state index < -0.39 is 4.92 Å². The summed E-state index contributed by atoms with van der Waals surface area (Å²) in [4.78, 5) is 12.1. The maximum Gasteiger partial charge on any atom is 0.292 e. The number of hydrogen-bond donors (Lipinski definition) is 0. The second-order valence-electron chi connectivity index (χ2n) is 4.52. The molecule has 0 amide bonds. The summed E-state index contributed by atoms with van der Waals surface area (Å²) in [6, 6.07) is 12.3. The van der Waals surface area contributed by atoms with Crippen molar-refractivity contribution in [2.24, 2.45) is 0 Å². The second-order valence-corrected chi connectivity index (χ2v) is 4.52. The van der Waals surface area contributed by atoms with E-state index in [4.69, 9.17) is 5.26 Å². The molecule has 0 N–H and O–H groups in total. The van der Waals surface area contributed by atoms with E-state index >= 15 is 0 Å². The molecule has 0 saturated carbocycles. The lowest BCUT2D eigenvalue weighted by Gasteiger charge is -2.19. The number of rotatable bonds is 4. The Balaban J connectivity index is 2.38. The van der Waals surface area contributed by atoms with Gasteiger partial charge in [0.05, 0.1) is 16.6 Å². The first-order chi connectivity index (χ1) is 10.0. The lowest BCUT2D eigenvalue weighted by atomic mass is 10.1. The van der Waals surface area contributed by atoms with Gasteiger partial charge in [0.15, 0.2) is 0 Å². The van der Waals surface area contributed by atoms with Crippen LogP contribution in [0.25, 0.3) is 0 Å². The standard InChI is InChI=1S/C15H12FN3O2/c1-18(10-12-4-2-3-5-13(12)16)15-8-11(9-17)6-7-14(15)19(20)21/h2-8H,10H2,1H3. The first-order valence-corrected chi connectivity index (χ1v) is 6.16. The molecule has 6 heteroatoms. The highest BCUT2D eigenvalue weighted by atomic mass is 19.1. The highest BCUT2D eigenvalue weighted by Gasteiger charge is 2.18. The van der Waals surface area contributed by atoms with Crippen LogP contribution in [0.1, 0.15) is 11.1 Å². The number of nitro benzene ring substituents is 1. The second kappa shape index (κ2) is 6.01. The van der Waals surface area contributed by atoms with Crippen LogP contribution in [0, 0.1) is 27.3 Å². The molecule has 2 aromatic rings. The summed E-state index contributed by atoms with van der Waals surface area (Å²) in [5.74, 6) is -0.372. The van der Waals surface area contributed by atoms with Crippen LogP contribution in [-0.4, -0.2) is 12.0 Å². The highest BCUT2D eigenvalue weighted by Crippen LogP contribution is 2.29. The van der Waals surface area contributed by atoms with E-state index in [9.17, 15) is 14.5 Å². The minimum absolute atomic E-state index is 0.118. The molecule has 0 spiro atoms. The Kier molecular flexibility index (Phi) is 4.14. The molecule has 0 aromatic heterocycles. The highest BCUT2D eigenvalue weighted by molar-refractivity contribution is 5.65.